The number of nitrogens with zero attached hydrogens (tertiary/aromatic N) is 2. The minimum absolute atomic E-state index is 0.199. The first-order valence-corrected chi connectivity index (χ1v) is 8.26. The summed E-state index contributed by atoms with van der Waals surface area (Å²) in [4.78, 5) is 0.199. The van der Waals surface area contributed by atoms with E-state index in [-0.39, 0.29) is 10.4 Å². The Morgan fingerprint density at radius 3 is 2.95 bits per heavy atom. The van der Waals surface area contributed by atoms with Crippen molar-refractivity contribution in [2.75, 3.05) is 26.8 Å². The summed E-state index contributed by atoms with van der Waals surface area (Å²) in [5.74, 6) is 0. The summed E-state index contributed by atoms with van der Waals surface area (Å²) in [5, 5.41) is 7.33. The van der Waals surface area contributed by atoms with E-state index in [0.717, 1.165) is 19.4 Å². The Morgan fingerprint density at radius 2 is 2.40 bits per heavy atom. The zero-order valence-electron chi connectivity index (χ0n) is 11.9. The van der Waals surface area contributed by atoms with Gasteiger partial charge in [-0.1, -0.05) is 0 Å². The van der Waals surface area contributed by atoms with Crippen LogP contribution in [0.1, 0.15) is 19.8 Å². The minimum Gasteiger partial charge on any atom is -0.383 e. The number of methoxy groups -OCH3 is 1. The van der Waals surface area contributed by atoms with E-state index in [4.69, 9.17) is 4.74 Å². The van der Waals surface area contributed by atoms with Crippen molar-refractivity contribution >= 4 is 10.0 Å². The van der Waals surface area contributed by atoms with Gasteiger partial charge in [-0.3, -0.25) is 4.68 Å². The molecule has 0 bridgehead atoms. The van der Waals surface area contributed by atoms with Crippen molar-refractivity contribution < 1.29 is 13.2 Å². The molecule has 7 nitrogen and oxygen atoms in total. The number of aromatic nitrogens is 2. The predicted molar refractivity (Wildman–Crippen MR) is 74.9 cm³/mol. The number of ether oxygens (including phenoxy) is 1. The van der Waals surface area contributed by atoms with Crippen LogP contribution in [0.2, 0.25) is 0 Å². The largest absolute Gasteiger partial charge is 0.383 e. The predicted octanol–water partition coefficient (Wildman–Crippen LogP) is -0.0501. The molecule has 1 unspecified atom stereocenters. The van der Waals surface area contributed by atoms with Gasteiger partial charge >= 0.3 is 0 Å². The van der Waals surface area contributed by atoms with E-state index in [0.29, 0.717) is 19.7 Å². The summed E-state index contributed by atoms with van der Waals surface area (Å²) in [7, 11) is -1.90. The normalized spacial score (nSPS) is 23.3. The number of sulfonamides is 1. The van der Waals surface area contributed by atoms with Gasteiger partial charge in [0.15, 0.2) is 0 Å². The maximum atomic E-state index is 12.2. The second kappa shape index (κ2) is 6.21. The highest BCUT2D eigenvalue weighted by atomic mass is 32.2. The molecular weight excluding hydrogens is 280 g/mol. The van der Waals surface area contributed by atoms with Crippen LogP contribution in [0.4, 0.5) is 0 Å². The summed E-state index contributed by atoms with van der Waals surface area (Å²) >= 11 is 0. The molecular formula is C12H22N4O3S. The molecule has 0 amide bonds. The second-order valence-corrected chi connectivity index (χ2v) is 6.87. The fraction of sp³-hybridized carbons (Fsp3) is 0.750. The zero-order valence-corrected chi connectivity index (χ0v) is 12.7. The van der Waals surface area contributed by atoms with E-state index in [1.807, 2.05) is 6.92 Å². The van der Waals surface area contributed by atoms with E-state index in [1.165, 1.54) is 12.4 Å². The van der Waals surface area contributed by atoms with Crippen molar-refractivity contribution in [1.82, 2.24) is 19.8 Å². The standard InChI is InChI=1S/C12H22N4O3S/c1-3-16-8-11(7-14-16)20(17,18)15-9-12(10-19-2)5-4-6-13-12/h7-8,13,15H,3-6,9-10H2,1-2H3. The van der Waals surface area contributed by atoms with Crippen molar-refractivity contribution in [3.8, 4) is 0 Å². The molecule has 1 atom stereocenters. The van der Waals surface area contributed by atoms with Crippen molar-refractivity contribution in [2.24, 2.45) is 0 Å². The highest BCUT2D eigenvalue weighted by Crippen LogP contribution is 2.19. The lowest BCUT2D eigenvalue weighted by atomic mass is 9.99. The van der Waals surface area contributed by atoms with Crippen LogP contribution in [0.15, 0.2) is 17.3 Å². The van der Waals surface area contributed by atoms with Gasteiger partial charge in [0.25, 0.3) is 0 Å². The molecule has 0 aromatic carbocycles. The number of nitrogens with one attached hydrogen (secondary N) is 2. The third-order valence-corrected chi connectivity index (χ3v) is 4.95. The monoisotopic (exact) mass is 302 g/mol. The van der Waals surface area contributed by atoms with Gasteiger partial charge in [0.2, 0.25) is 10.0 Å². The van der Waals surface area contributed by atoms with Crippen LogP contribution in [0.5, 0.6) is 0 Å². The third kappa shape index (κ3) is 3.38. The molecule has 20 heavy (non-hydrogen) atoms. The Hall–Kier alpha value is -0.960. The van der Waals surface area contributed by atoms with Gasteiger partial charge in [-0.15, -0.1) is 0 Å². The molecule has 1 aromatic heterocycles. The van der Waals surface area contributed by atoms with Crippen LogP contribution in [0, 0.1) is 0 Å². The molecule has 0 spiro atoms. The topological polar surface area (TPSA) is 85.2 Å². The van der Waals surface area contributed by atoms with Gasteiger partial charge in [0.05, 0.1) is 18.3 Å². The number of aryl methyl sites for hydroxylation is 1. The molecule has 8 heteroatoms. The first kappa shape index (κ1) is 15.4. The Bertz CT molecular complexity index is 535. The van der Waals surface area contributed by atoms with Gasteiger partial charge in [-0.2, -0.15) is 5.10 Å². The van der Waals surface area contributed by atoms with Crippen LogP contribution in [-0.4, -0.2) is 50.5 Å². The maximum absolute atomic E-state index is 12.2. The first-order chi connectivity index (χ1) is 9.51. The highest BCUT2D eigenvalue weighted by Gasteiger charge is 2.34. The molecule has 2 N–H and O–H groups in total. The van der Waals surface area contributed by atoms with Gasteiger partial charge in [-0.05, 0) is 26.3 Å². The molecule has 0 radical (unpaired) electrons. The SMILES string of the molecule is CCn1cc(S(=O)(=O)NCC2(COC)CCCN2)cn1. The quantitative estimate of drug-likeness (QED) is 0.737. The van der Waals surface area contributed by atoms with Crippen molar-refractivity contribution in [1.29, 1.82) is 0 Å². The zero-order chi connectivity index (χ0) is 14.6. The fourth-order valence-electron chi connectivity index (χ4n) is 2.44. The molecule has 2 rings (SSSR count). The summed E-state index contributed by atoms with van der Waals surface area (Å²) in [6.45, 7) is 4.25. The van der Waals surface area contributed by atoms with E-state index >= 15 is 0 Å². The second-order valence-electron chi connectivity index (χ2n) is 5.10. The van der Waals surface area contributed by atoms with E-state index < -0.39 is 10.0 Å². The third-order valence-electron chi connectivity index (χ3n) is 3.60. The van der Waals surface area contributed by atoms with E-state index in [9.17, 15) is 8.42 Å². The Labute approximate surface area is 119 Å². The van der Waals surface area contributed by atoms with Crippen LogP contribution >= 0.6 is 0 Å². The molecule has 0 saturated carbocycles. The van der Waals surface area contributed by atoms with Crippen molar-refractivity contribution in [2.45, 2.75) is 36.7 Å². The van der Waals surface area contributed by atoms with E-state index in [2.05, 4.69) is 15.1 Å². The van der Waals surface area contributed by atoms with Gasteiger partial charge in [0, 0.05) is 26.4 Å². The average Bonchev–Trinajstić information content (AvgIpc) is 3.07. The molecule has 1 fully saturated rings. The van der Waals surface area contributed by atoms with Crippen LogP contribution in [0.25, 0.3) is 0 Å². The highest BCUT2D eigenvalue weighted by molar-refractivity contribution is 7.89. The molecule has 0 aliphatic carbocycles. The molecule has 114 valence electrons. The average molecular weight is 302 g/mol. The number of hydrogen-bond acceptors (Lipinski definition) is 5. The lowest BCUT2D eigenvalue weighted by Gasteiger charge is -2.28. The lowest BCUT2D eigenvalue weighted by Crippen LogP contribution is -2.52. The summed E-state index contributed by atoms with van der Waals surface area (Å²) in [5.41, 5.74) is -0.303. The lowest BCUT2D eigenvalue weighted by molar-refractivity contribution is 0.122. The number of rotatable bonds is 7. The van der Waals surface area contributed by atoms with Gasteiger partial charge in [0.1, 0.15) is 4.90 Å². The van der Waals surface area contributed by atoms with Gasteiger partial charge < -0.3 is 10.1 Å². The summed E-state index contributed by atoms with van der Waals surface area (Å²) in [6, 6.07) is 0. The van der Waals surface area contributed by atoms with Gasteiger partial charge in [-0.25, -0.2) is 13.1 Å². The van der Waals surface area contributed by atoms with Crippen LogP contribution in [0.3, 0.4) is 0 Å². The molecule has 1 aromatic rings. The molecule has 1 aliphatic heterocycles. The van der Waals surface area contributed by atoms with Crippen LogP contribution < -0.4 is 10.0 Å². The van der Waals surface area contributed by atoms with Crippen molar-refractivity contribution in [3.63, 3.8) is 0 Å². The maximum Gasteiger partial charge on any atom is 0.243 e. The minimum atomic E-state index is -3.52. The van der Waals surface area contributed by atoms with E-state index in [1.54, 1.807) is 11.8 Å². The fourth-order valence-corrected chi connectivity index (χ4v) is 3.52. The Balaban J connectivity index is 2.04. The Morgan fingerprint density at radius 1 is 1.60 bits per heavy atom. The Kier molecular flexibility index (Phi) is 4.79. The van der Waals surface area contributed by atoms with Crippen molar-refractivity contribution in [3.05, 3.63) is 12.4 Å². The first-order valence-electron chi connectivity index (χ1n) is 6.77. The smallest absolute Gasteiger partial charge is 0.243 e. The van der Waals surface area contributed by atoms with Crippen LogP contribution in [-0.2, 0) is 21.3 Å². The molecule has 2 heterocycles. The number of hydrogen-bond donors (Lipinski definition) is 2. The molecule has 1 aliphatic rings. The summed E-state index contributed by atoms with van der Waals surface area (Å²) < 4.78 is 33.9. The molecule has 1 saturated heterocycles. The summed E-state index contributed by atoms with van der Waals surface area (Å²) in [6.07, 6.45) is 4.83.